The molecule has 1 nitrogen and oxygen atoms in total. The van der Waals surface area contributed by atoms with Crippen LogP contribution in [-0.2, 0) is 0 Å². The molecule has 0 spiro atoms. The molecule has 0 aromatic carbocycles. The van der Waals surface area contributed by atoms with Gasteiger partial charge in [0.25, 0.3) is 0 Å². The Balaban J connectivity index is 1.53. The minimum atomic E-state index is 0.858. The van der Waals surface area contributed by atoms with Gasteiger partial charge in [0.15, 0.2) is 0 Å². The largest absolute Gasteiger partial charge is 0.314 e. The monoisotopic (exact) mass is 223 g/mol. The smallest absolute Gasteiger partial charge is 0.00670 e. The summed E-state index contributed by atoms with van der Waals surface area (Å²) in [6, 6.07) is 0.858. The molecule has 0 unspecified atom stereocenters. The molecule has 16 heavy (non-hydrogen) atoms. The van der Waals surface area contributed by atoms with Gasteiger partial charge < -0.3 is 5.32 Å². The molecule has 0 aliphatic heterocycles. The summed E-state index contributed by atoms with van der Waals surface area (Å²) in [7, 11) is 0. The summed E-state index contributed by atoms with van der Waals surface area (Å²) in [6.45, 7) is 3.69. The van der Waals surface area contributed by atoms with Crippen LogP contribution >= 0.6 is 0 Å². The van der Waals surface area contributed by atoms with E-state index >= 15 is 0 Å². The maximum atomic E-state index is 3.78. The van der Waals surface area contributed by atoms with Gasteiger partial charge in [-0.2, -0.15) is 0 Å². The third-order valence-corrected chi connectivity index (χ3v) is 4.73. The van der Waals surface area contributed by atoms with Crippen molar-refractivity contribution in [1.82, 2.24) is 5.32 Å². The lowest BCUT2D eigenvalue weighted by Crippen LogP contribution is -2.32. The molecule has 2 saturated carbocycles. The van der Waals surface area contributed by atoms with Crippen molar-refractivity contribution in [3.63, 3.8) is 0 Å². The molecule has 0 amide bonds. The topological polar surface area (TPSA) is 12.0 Å². The predicted molar refractivity (Wildman–Crippen MR) is 70.6 cm³/mol. The molecular weight excluding hydrogens is 194 g/mol. The second kappa shape index (κ2) is 6.64. The maximum absolute atomic E-state index is 3.78. The van der Waals surface area contributed by atoms with Gasteiger partial charge in [-0.1, -0.05) is 51.9 Å². The average molecular weight is 223 g/mol. The third kappa shape index (κ3) is 4.08. The Kier molecular flexibility index (Phi) is 5.15. The summed E-state index contributed by atoms with van der Waals surface area (Å²) in [5, 5.41) is 3.78. The van der Waals surface area contributed by atoms with Gasteiger partial charge in [-0.15, -0.1) is 0 Å². The molecule has 0 heterocycles. The van der Waals surface area contributed by atoms with Crippen LogP contribution in [0.1, 0.15) is 71.1 Å². The lowest BCUT2D eigenvalue weighted by molar-refractivity contribution is 0.267. The van der Waals surface area contributed by atoms with Crippen LogP contribution < -0.4 is 5.32 Å². The third-order valence-electron chi connectivity index (χ3n) is 4.73. The van der Waals surface area contributed by atoms with Gasteiger partial charge in [-0.25, -0.2) is 0 Å². The molecule has 0 aromatic heterocycles. The molecule has 0 saturated heterocycles. The summed E-state index contributed by atoms with van der Waals surface area (Å²) in [4.78, 5) is 0. The Morgan fingerprint density at radius 1 is 0.875 bits per heavy atom. The Bertz CT molecular complexity index is 176. The first-order valence-corrected chi connectivity index (χ1v) is 7.58. The molecule has 0 aromatic rings. The zero-order chi connectivity index (χ0) is 11.2. The molecule has 0 atom stereocenters. The number of rotatable bonds is 4. The van der Waals surface area contributed by atoms with Gasteiger partial charge in [-0.3, -0.25) is 0 Å². The van der Waals surface area contributed by atoms with E-state index < -0.39 is 0 Å². The van der Waals surface area contributed by atoms with E-state index in [0.29, 0.717) is 0 Å². The maximum Gasteiger partial charge on any atom is 0.00670 e. The zero-order valence-electron chi connectivity index (χ0n) is 11.0. The van der Waals surface area contributed by atoms with E-state index in [9.17, 15) is 0 Å². The van der Waals surface area contributed by atoms with Crippen molar-refractivity contribution in [2.45, 2.75) is 77.2 Å². The van der Waals surface area contributed by atoms with Gasteiger partial charge in [0.1, 0.15) is 0 Å². The standard InChI is InChI=1S/C15H29N/c1-13-7-9-14(10-8-13)11-12-16-15-5-3-2-4-6-15/h13-16H,2-12H2,1H3. The SMILES string of the molecule is CC1CCC(CCNC2CCCCC2)CC1. The Morgan fingerprint density at radius 2 is 1.56 bits per heavy atom. The summed E-state index contributed by atoms with van der Waals surface area (Å²) in [5.41, 5.74) is 0. The van der Waals surface area contributed by atoms with Crippen LogP contribution in [0, 0.1) is 11.8 Å². The molecule has 94 valence electrons. The quantitative estimate of drug-likeness (QED) is 0.756. The van der Waals surface area contributed by atoms with Crippen molar-refractivity contribution in [2.75, 3.05) is 6.54 Å². The molecule has 2 aliphatic carbocycles. The van der Waals surface area contributed by atoms with Crippen LogP contribution in [-0.4, -0.2) is 12.6 Å². The first-order valence-electron chi connectivity index (χ1n) is 7.58. The summed E-state index contributed by atoms with van der Waals surface area (Å²) in [5.74, 6) is 2.04. The van der Waals surface area contributed by atoms with E-state index in [1.54, 1.807) is 0 Å². The highest BCUT2D eigenvalue weighted by Crippen LogP contribution is 2.30. The molecule has 1 N–H and O–H groups in total. The molecule has 2 rings (SSSR count). The molecule has 2 fully saturated rings. The Hall–Kier alpha value is -0.0400. The van der Waals surface area contributed by atoms with Crippen molar-refractivity contribution in [3.8, 4) is 0 Å². The fourth-order valence-corrected chi connectivity index (χ4v) is 3.42. The minimum absolute atomic E-state index is 0.858. The van der Waals surface area contributed by atoms with Gasteiger partial charge in [0, 0.05) is 6.04 Å². The summed E-state index contributed by atoms with van der Waals surface area (Å²) < 4.78 is 0. The second-order valence-electron chi connectivity index (χ2n) is 6.20. The predicted octanol–water partition coefficient (Wildman–Crippen LogP) is 4.13. The van der Waals surface area contributed by atoms with Gasteiger partial charge in [-0.05, 0) is 37.6 Å². The van der Waals surface area contributed by atoms with E-state index in [-0.39, 0.29) is 0 Å². The lowest BCUT2D eigenvalue weighted by Gasteiger charge is -2.28. The van der Waals surface area contributed by atoms with Crippen LogP contribution in [0.2, 0.25) is 0 Å². The van der Waals surface area contributed by atoms with Crippen molar-refractivity contribution in [3.05, 3.63) is 0 Å². The van der Waals surface area contributed by atoms with Crippen LogP contribution in [0.25, 0.3) is 0 Å². The number of hydrogen-bond donors (Lipinski definition) is 1. The Morgan fingerprint density at radius 3 is 2.25 bits per heavy atom. The van der Waals surface area contributed by atoms with E-state index in [1.807, 2.05) is 0 Å². The van der Waals surface area contributed by atoms with E-state index in [1.165, 1.54) is 70.8 Å². The van der Waals surface area contributed by atoms with Crippen LogP contribution in [0.15, 0.2) is 0 Å². The van der Waals surface area contributed by atoms with Gasteiger partial charge in [0.2, 0.25) is 0 Å². The van der Waals surface area contributed by atoms with E-state index in [4.69, 9.17) is 0 Å². The molecule has 0 radical (unpaired) electrons. The first-order chi connectivity index (χ1) is 7.84. The minimum Gasteiger partial charge on any atom is -0.314 e. The highest BCUT2D eigenvalue weighted by molar-refractivity contribution is 4.74. The van der Waals surface area contributed by atoms with Crippen molar-refractivity contribution >= 4 is 0 Å². The first kappa shape index (κ1) is 12.4. The van der Waals surface area contributed by atoms with Crippen molar-refractivity contribution in [1.29, 1.82) is 0 Å². The number of nitrogens with one attached hydrogen (secondary N) is 1. The highest BCUT2D eigenvalue weighted by atomic mass is 14.9. The fraction of sp³-hybridized carbons (Fsp3) is 1.00. The molecule has 0 bridgehead atoms. The lowest BCUT2D eigenvalue weighted by atomic mass is 9.81. The van der Waals surface area contributed by atoms with Crippen molar-refractivity contribution in [2.24, 2.45) is 11.8 Å². The highest BCUT2D eigenvalue weighted by Gasteiger charge is 2.18. The van der Waals surface area contributed by atoms with Gasteiger partial charge in [0.05, 0.1) is 0 Å². The van der Waals surface area contributed by atoms with E-state index in [0.717, 1.165) is 17.9 Å². The summed E-state index contributed by atoms with van der Waals surface area (Å²) in [6.07, 6.45) is 14.6. The van der Waals surface area contributed by atoms with Crippen LogP contribution in [0.4, 0.5) is 0 Å². The molecule has 1 heteroatoms. The van der Waals surface area contributed by atoms with Crippen LogP contribution in [0.3, 0.4) is 0 Å². The van der Waals surface area contributed by atoms with Crippen LogP contribution in [0.5, 0.6) is 0 Å². The average Bonchev–Trinajstić information content (AvgIpc) is 2.33. The fourth-order valence-electron chi connectivity index (χ4n) is 3.42. The summed E-state index contributed by atoms with van der Waals surface area (Å²) >= 11 is 0. The molecular formula is C15H29N. The number of hydrogen-bond acceptors (Lipinski definition) is 1. The zero-order valence-corrected chi connectivity index (χ0v) is 11.0. The normalized spacial score (nSPS) is 32.8. The van der Waals surface area contributed by atoms with E-state index in [2.05, 4.69) is 12.2 Å². The van der Waals surface area contributed by atoms with Crippen molar-refractivity contribution < 1.29 is 0 Å². The van der Waals surface area contributed by atoms with Gasteiger partial charge >= 0.3 is 0 Å². The molecule has 2 aliphatic rings. The second-order valence-corrected chi connectivity index (χ2v) is 6.20. The Labute approximate surface area is 101 Å².